The summed E-state index contributed by atoms with van der Waals surface area (Å²) in [5.41, 5.74) is 1.34. The molecule has 0 spiro atoms. The van der Waals surface area contributed by atoms with E-state index >= 15 is 0 Å². The molecule has 0 aromatic heterocycles. The number of nitrogens with zero attached hydrogens (tertiary/aromatic N) is 1. The van der Waals surface area contributed by atoms with E-state index in [0.717, 1.165) is 13.1 Å². The second-order valence-electron chi connectivity index (χ2n) is 2.37. The van der Waals surface area contributed by atoms with Crippen molar-refractivity contribution in [1.29, 1.82) is 0 Å². The highest BCUT2D eigenvalue weighted by molar-refractivity contribution is 9.11. The first-order valence-corrected chi connectivity index (χ1v) is 4.33. The third-order valence-electron chi connectivity index (χ3n) is 1.79. The fraction of sp³-hybridized carbons (Fsp3) is 0.500. The summed E-state index contributed by atoms with van der Waals surface area (Å²) in [5, 5.41) is 0. The van der Waals surface area contributed by atoms with E-state index in [2.05, 4.69) is 46.8 Å². The number of hydrogen-bond acceptors (Lipinski definition) is 1. The number of likely N-dealkylation sites (N-methyl/N-ethyl adjacent to an activating group) is 1. The molecule has 0 aromatic rings. The maximum Gasteiger partial charge on any atom is 0.0361 e. The molecule has 10 heavy (non-hydrogen) atoms. The molecule has 0 N–H and O–H groups in total. The number of allylic oxidation sites excluding steroid dienone is 3. The molecule has 0 radical (unpaired) electrons. The van der Waals surface area contributed by atoms with Crippen LogP contribution in [0.25, 0.3) is 0 Å². The normalized spacial score (nSPS) is 18.5. The van der Waals surface area contributed by atoms with Crippen molar-refractivity contribution in [3.63, 3.8) is 0 Å². The second-order valence-corrected chi connectivity index (χ2v) is 3.23. The van der Waals surface area contributed by atoms with E-state index < -0.39 is 0 Å². The smallest absolute Gasteiger partial charge is 0.0361 e. The minimum atomic E-state index is 1.05. The molecule has 1 aliphatic heterocycles. The molecule has 0 atom stereocenters. The van der Waals surface area contributed by atoms with Gasteiger partial charge >= 0.3 is 0 Å². The largest absolute Gasteiger partial charge is 0.371 e. The summed E-state index contributed by atoms with van der Waals surface area (Å²) in [6.45, 7) is 6.45. The van der Waals surface area contributed by atoms with Crippen molar-refractivity contribution in [1.82, 2.24) is 4.90 Å². The highest BCUT2D eigenvalue weighted by atomic mass is 79.9. The Balaban J connectivity index is 2.77. The molecule has 0 unspecified atom stereocenters. The van der Waals surface area contributed by atoms with Crippen LogP contribution in [0.3, 0.4) is 0 Å². The van der Waals surface area contributed by atoms with Gasteiger partial charge in [0.2, 0.25) is 0 Å². The van der Waals surface area contributed by atoms with Crippen LogP contribution in [-0.4, -0.2) is 18.0 Å². The Hall–Kier alpha value is -0.240. The van der Waals surface area contributed by atoms with E-state index in [1.54, 1.807) is 0 Å². The first-order valence-electron chi connectivity index (χ1n) is 3.53. The third kappa shape index (κ3) is 1.43. The molecule has 1 aliphatic rings. The Morgan fingerprint density at radius 3 is 2.90 bits per heavy atom. The van der Waals surface area contributed by atoms with Crippen molar-refractivity contribution >= 4 is 15.9 Å². The van der Waals surface area contributed by atoms with Crippen LogP contribution in [0, 0.1) is 0 Å². The Bertz CT molecular complexity index is 182. The standard InChI is InChI=1S/C8H12BrN/c1-3-10-6-4-5-8(9)7(10)2/h4-5H,3,6H2,1-2H3. The molecule has 1 nitrogen and oxygen atoms in total. The summed E-state index contributed by atoms with van der Waals surface area (Å²) in [7, 11) is 0. The number of hydrogen-bond donors (Lipinski definition) is 0. The van der Waals surface area contributed by atoms with Gasteiger partial charge in [-0.2, -0.15) is 0 Å². The van der Waals surface area contributed by atoms with Crippen molar-refractivity contribution in [3.8, 4) is 0 Å². The van der Waals surface area contributed by atoms with E-state index in [-0.39, 0.29) is 0 Å². The van der Waals surface area contributed by atoms with Gasteiger partial charge in [-0.1, -0.05) is 6.08 Å². The van der Waals surface area contributed by atoms with Crippen molar-refractivity contribution in [2.24, 2.45) is 0 Å². The molecule has 1 heterocycles. The van der Waals surface area contributed by atoms with Crippen LogP contribution in [0.1, 0.15) is 13.8 Å². The summed E-state index contributed by atoms with van der Waals surface area (Å²) in [6.07, 6.45) is 4.28. The summed E-state index contributed by atoms with van der Waals surface area (Å²) >= 11 is 3.49. The molecule has 2 heteroatoms. The van der Waals surface area contributed by atoms with Crippen molar-refractivity contribution in [2.45, 2.75) is 13.8 Å². The van der Waals surface area contributed by atoms with E-state index in [1.165, 1.54) is 10.2 Å². The molecule has 56 valence electrons. The maximum atomic E-state index is 3.49. The molecule has 0 amide bonds. The molecule has 0 aliphatic carbocycles. The van der Waals surface area contributed by atoms with Crippen LogP contribution < -0.4 is 0 Å². The first-order chi connectivity index (χ1) is 4.75. The molecule has 0 saturated carbocycles. The van der Waals surface area contributed by atoms with Crippen LogP contribution in [0.2, 0.25) is 0 Å². The predicted octanol–water partition coefficient (Wildman–Crippen LogP) is 2.50. The lowest BCUT2D eigenvalue weighted by Gasteiger charge is -2.25. The van der Waals surface area contributed by atoms with Crippen LogP contribution in [-0.2, 0) is 0 Å². The quantitative estimate of drug-likeness (QED) is 0.631. The van der Waals surface area contributed by atoms with Gasteiger partial charge in [0.1, 0.15) is 0 Å². The minimum absolute atomic E-state index is 1.05. The zero-order chi connectivity index (χ0) is 7.56. The third-order valence-corrected chi connectivity index (χ3v) is 2.63. The fourth-order valence-electron chi connectivity index (χ4n) is 1.06. The van der Waals surface area contributed by atoms with Crippen LogP contribution in [0.4, 0.5) is 0 Å². The molecule has 0 aromatic carbocycles. The molecule has 0 fully saturated rings. The van der Waals surface area contributed by atoms with E-state index in [9.17, 15) is 0 Å². The Morgan fingerprint density at radius 1 is 1.70 bits per heavy atom. The van der Waals surface area contributed by atoms with Gasteiger partial charge in [-0.3, -0.25) is 0 Å². The molecule has 0 bridgehead atoms. The average molecular weight is 202 g/mol. The molecular weight excluding hydrogens is 190 g/mol. The topological polar surface area (TPSA) is 3.24 Å². The van der Waals surface area contributed by atoms with Gasteiger partial charge in [0.05, 0.1) is 0 Å². The number of rotatable bonds is 1. The maximum absolute atomic E-state index is 3.49. The minimum Gasteiger partial charge on any atom is -0.371 e. The summed E-state index contributed by atoms with van der Waals surface area (Å²) in [6, 6.07) is 0. The Morgan fingerprint density at radius 2 is 2.40 bits per heavy atom. The first kappa shape index (κ1) is 7.86. The van der Waals surface area contributed by atoms with Gasteiger partial charge < -0.3 is 4.90 Å². The molecule has 1 rings (SSSR count). The molecule has 0 saturated heterocycles. The van der Waals surface area contributed by atoms with Crippen LogP contribution in [0.5, 0.6) is 0 Å². The van der Waals surface area contributed by atoms with E-state index in [1.807, 2.05) is 0 Å². The van der Waals surface area contributed by atoms with Gasteiger partial charge in [0.25, 0.3) is 0 Å². The van der Waals surface area contributed by atoms with Gasteiger partial charge in [0.15, 0.2) is 0 Å². The fourth-order valence-corrected chi connectivity index (χ4v) is 1.50. The predicted molar refractivity (Wildman–Crippen MR) is 48.0 cm³/mol. The van der Waals surface area contributed by atoms with E-state index in [0.29, 0.717) is 0 Å². The lowest BCUT2D eigenvalue weighted by atomic mass is 10.2. The molecular formula is C8H12BrN. The lowest BCUT2D eigenvalue weighted by molar-refractivity contribution is 0.397. The second kappa shape index (κ2) is 3.24. The van der Waals surface area contributed by atoms with Gasteiger partial charge in [-0.05, 0) is 35.9 Å². The highest BCUT2D eigenvalue weighted by Crippen LogP contribution is 2.20. The van der Waals surface area contributed by atoms with Crippen LogP contribution >= 0.6 is 15.9 Å². The van der Waals surface area contributed by atoms with Crippen molar-refractivity contribution in [3.05, 3.63) is 22.3 Å². The monoisotopic (exact) mass is 201 g/mol. The van der Waals surface area contributed by atoms with Crippen LogP contribution in [0.15, 0.2) is 22.3 Å². The van der Waals surface area contributed by atoms with Gasteiger partial charge in [-0.15, -0.1) is 0 Å². The van der Waals surface area contributed by atoms with E-state index in [4.69, 9.17) is 0 Å². The number of halogens is 1. The zero-order valence-corrected chi connectivity index (χ0v) is 7.98. The van der Waals surface area contributed by atoms with Crippen molar-refractivity contribution < 1.29 is 0 Å². The Labute approximate surface area is 70.5 Å². The SMILES string of the molecule is CCN1CC=CC(Br)=C1C. The van der Waals surface area contributed by atoms with Gasteiger partial charge in [-0.25, -0.2) is 0 Å². The van der Waals surface area contributed by atoms with Crippen molar-refractivity contribution in [2.75, 3.05) is 13.1 Å². The van der Waals surface area contributed by atoms with Gasteiger partial charge in [0, 0.05) is 23.3 Å². The Kier molecular flexibility index (Phi) is 2.55. The summed E-state index contributed by atoms with van der Waals surface area (Å²) in [5.74, 6) is 0. The zero-order valence-electron chi connectivity index (χ0n) is 6.39. The summed E-state index contributed by atoms with van der Waals surface area (Å²) in [4.78, 5) is 2.32. The lowest BCUT2D eigenvalue weighted by Crippen LogP contribution is -2.23. The summed E-state index contributed by atoms with van der Waals surface area (Å²) < 4.78 is 1.21. The average Bonchev–Trinajstić information content (AvgIpc) is 1.95. The highest BCUT2D eigenvalue weighted by Gasteiger charge is 2.07.